The highest BCUT2D eigenvalue weighted by molar-refractivity contribution is 6.00. The number of rotatable bonds is 3. The van der Waals surface area contributed by atoms with Gasteiger partial charge >= 0.3 is 0 Å². The van der Waals surface area contributed by atoms with Crippen LogP contribution in [0.3, 0.4) is 0 Å². The number of benzene rings is 1. The van der Waals surface area contributed by atoms with Crippen molar-refractivity contribution in [3.8, 4) is 5.75 Å². The molecule has 0 saturated carbocycles. The Balaban J connectivity index is 1.79. The first-order valence-corrected chi connectivity index (χ1v) is 7.46. The average Bonchev–Trinajstić information content (AvgIpc) is 2.83. The summed E-state index contributed by atoms with van der Waals surface area (Å²) in [7, 11) is 0. The molecule has 2 aliphatic rings. The van der Waals surface area contributed by atoms with Gasteiger partial charge in [-0.3, -0.25) is 4.79 Å². The van der Waals surface area contributed by atoms with E-state index in [0.717, 1.165) is 24.0 Å². The minimum atomic E-state index is -0.455. The van der Waals surface area contributed by atoms with Gasteiger partial charge in [0, 0.05) is 18.2 Å². The molecule has 1 fully saturated rings. The van der Waals surface area contributed by atoms with Gasteiger partial charge in [-0.15, -0.1) is 0 Å². The van der Waals surface area contributed by atoms with E-state index < -0.39 is 6.29 Å². The van der Waals surface area contributed by atoms with Crippen LogP contribution in [-0.2, 0) is 11.2 Å². The van der Waals surface area contributed by atoms with Crippen LogP contribution < -0.4 is 10.5 Å². The number of allylic oxidation sites excluding steroid dienone is 1. The number of carbonyl (C=O) groups is 1. The smallest absolute Gasteiger partial charge is 0.260 e. The highest BCUT2D eigenvalue weighted by Gasteiger charge is 2.28. The highest BCUT2D eigenvalue weighted by atomic mass is 16.7. The normalized spacial score (nSPS) is 21.1. The molecule has 0 spiro atoms. The van der Waals surface area contributed by atoms with Crippen molar-refractivity contribution in [3.05, 3.63) is 48.0 Å². The number of hydrogen-bond donors (Lipinski definition) is 1. The van der Waals surface area contributed by atoms with E-state index in [0.29, 0.717) is 30.3 Å². The third-order valence-electron chi connectivity index (χ3n) is 3.97. The van der Waals surface area contributed by atoms with Crippen LogP contribution in [0.25, 0.3) is 0 Å². The fourth-order valence-corrected chi connectivity index (χ4v) is 2.88. The summed E-state index contributed by atoms with van der Waals surface area (Å²) in [6.07, 6.45) is 5.59. The van der Waals surface area contributed by atoms with Crippen LogP contribution in [0, 0.1) is 0 Å². The molecule has 1 atom stereocenters. The topological polar surface area (TPSA) is 64.8 Å². The monoisotopic (exact) mass is 300 g/mol. The lowest BCUT2D eigenvalue weighted by Crippen LogP contribution is -2.23. The molecule has 1 aliphatic heterocycles. The van der Waals surface area contributed by atoms with Crippen LogP contribution in [0.4, 0.5) is 5.69 Å². The second kappa shape index (κ2) is 5.75. The Bertz CT molecular complexity index is 652. The summed E-state index contributed by atoms with van der Waals surface area (Å²) < 4.78 is 11.4. The number of anilines is 1. The van der Waals surface area contributed by atoms with Crippen molar-refractivity contribution in [2.75, 3.05) is 12.3 Å². The molecule has 1 aliphatic carbocycles. The maximum Gasteiger partial charge on any atom is 0.260 e. The molecule has 2 N–H and O–H groups in total. The van der Waals surface area contributed by atoms with E-state index in [-0.39, 0.29) is 5.78 Å². The Morgan fingerprint density at radius 2 is 2.27 bits per heavy atom. The third kappa shape index (κ3) is 2.54. The molecule has 3 rings (SSSR count). The van der Waals surface area contributed by atoms with Gasteiger partial charge in [0.2, 0.25) is 0 Å². The first-order chi connectivity index (χ1) is 10.6. The maximum atomic E-state index is 11.9. The number of nitrogens with two attached hydrogens (primary N) is 1. The number of nitrogen functional groups attached to an aromatic ring is 1. The molecule has 5 nitrogen and oxygen atoms in total. The second-order valence-electron chi connectivity index (χ2n) is 5.47. The molecule has 0 aromatic heterocycles. The molecule has 1 heterocycles. The lowest BCUT2D eigenvalue weighted by Gasteiger charge is -2.20. The Labute approximate surface area is 130 Å². The first-order valence-electron chi connectivity index (χ1n) is 7.46. The molecule has 0 radical (unpaired) electrons. The molecule has 5 heteroatoms. The van der Waals surface area contributed by atoms with Gasteiger partial charge in [0.05, 0.1) is 12.2 Å². The molecule has 1 saturated heterocycles. The van der Waals surface area contributed by atoms with Crippen molar-refractivity contribution >= 4 is 11.5 Å². The molecular formula is C17H20N2O3. The van der Waals surface area contributed by atoms with Crippen molar-refractivity contribution in [2.24, 2.45) is 0 Å². The van der Waals surface area contributed by atoms with Crippen LogP contribution in [0.15, 0.2) is 36.9 Å². The fraction of sp³-hybridized carbons (Fsp3) is 0.353. The molecule has 116 valence electrons. The summed E-state index contributed by atoms with van der Waals surface area (Å²) in [5, 5.41) is 0. The molecule has 1 aromatic carbocycles. The number of ketones is 1. The Morgan fingerprint density at radius 1 is 1.45 bits per heavy atom. The number of hydrogen-bond acceptors (Lipinski definition) is 5. The SMILES string of the molecule is C=C1OC(Oc2ccc3c(c2N)CCCC3=O)CN1/C=C\C. The van der Waals surface area contributed by atoms with Gasteiger partial charge in [0.1, 0.15) is 5.75 Å². The molecule has 1 unspecified atom stereocenters. The first kappa shape index (κ1) is 14.5. The minimum absolute atomic E-state index is 0.157. The summed E-state index contributed by atoms with van der Waals surface area (Å²) in [6.45, 7) is 6.33. The van der Waals surface area contributed by atoms with E-state index in [4.69, 9.17) is 15.2 Å². The van der Waals surface area contributed by atoms with Gasteiger partial charge in [-0.05, 0) is 44.0 Å². The van der Waals surface area contributed by atoms with Crippen LogP contribution in [0.2, 0.25) is 0 Å². The van der Waals surface area contributed by atoms with Crippen molar-refractivity contribution < 1.29 is 14.3 Å². The summed E-state index contributed by atoms with van der Waals surface area (Å²) >= 11 is 0. The van der Waals surface area contributed by atoms with Gasteiger partial charge in [-0.2, -0.15) is 0 Å². The Kier molecular flexibility index (Phi) is 3.79. The van der Waals surface area contributed by atoms with E-state index in [1.807, 2.05) is 24.1 Å². The van der Waals surface area contributed by atoms with Crippen LogP contribution in [0.1, 0.15) is 35.7 Å². The van der Waals surface area contributed by atoms with Crippen molar-refractivity contribution in [1.29, 1.82) is 0 Å². The fourth-order valence-electron chi connectivity index (χ4n) is 2.88. The quantitative estimate of drug-likeness (QED) is 0.870. The maximum absolute atomic E-state index is 11.9. The zero-order chi connectivity index (χ0) is 15.7. The summed E-state index contributed by atoms with van der Waals surface area (Å²) in [4.78, 5) is 13.8. The van der Waals surface area contributed by atoms with E-state index in [1.54, 1.807) is 12.1 Å². The summed E-state index contributed by atoms with van der Waals surface area (Å²) in [5.41, 5.74) is 8.36. The lowest BCUT2D eigenvalue weighted by atomic mass is 9.89. The standard InChI is InChI=1S/C17H20N2O3/c1-3-9-19-10-16(21-11(19)2)22-15-8-7-12-13(17(15)18)5-4-6-14(12)20/h3,7-9,16H,2,4-6,10,18H2,1H3/b9-3-. The van der Waals surface area contributed by atoms with E-state index in [1.165, 1.54) is 0 Å². The number of carbonyl (C=O) groups excluding carboxylic acids is 1. The Hall–Kier alpha value is -2.43. The highest BCUT2D eigenvalue weighted by Crippen LogP contribution is 2.34. The average molecular weight is 300 g/mol. The third-order valence-corrected chi connectivity index (χ3v) is 3.97. The Morgan fingerprint density at radius 3 is 3.05 bits per heavy atom. The van der Waals surface area contributed by atoms with Crippen molar-refractivity contribution in [1.82, 2.24) is 4.90 Å². The van der Waals surface area contributed by atoms with Crippen LogP contribution in [-0.4, -0.2) is 23.5 Å². The number of ether oxygens (including phenoxy) is 2. The second-order valence-corrected chi connectivity index (χ2v) is 5.47. The number of fused-ring (bicyclic) bond motifs is 1. The van der Waals surface area contributed by atoms with Crippen molar-refractivity contribution in [2.45, 2.75) is 32.5 Å². The molecule has 0 bridgehead atoms. The summed E-state index contributed by atoms with van der Waals surface area (Å²) in [5.74, 6) is 1.27. The largest absolute Gasteiger partial charge is 0.451 e. The lowest BCUT2D eigenvalue weighted by molar-refractivity contribution is -0.00414. The molecule has 22 heavy (non-hydrogen) atoms. The summed E-state index contributed by atoms with van der Waals surface area (Å²) in [6, 6.07) is 3.55. The minimum Gasteiger partial charge on any atom is -0.451 e. The predicted molar refractivity (Wildman–Crippen MR) is 84.3 cm³/mol. The number of Topliss-reactive ketones (excluding diaryl/α,β-unsaturated/α-hetero) is 1. The molecule has 1 aromatic rings. The zero-order valence-electron chi connectivity index (χ0n) is 12.7. The van der Waals surface area contributed by atoms with E-state index in [9.17, 15) is 4.79 Å². The van der Waals surface area contributed by atoms with Gasteiger partial charge in [-0.1, -0.05) is 6.08 Å². The van der Waals surface area contributed by atoms with Gasteiger partial charge in [0.15, 0.2) is 11.7 Å². The molecular weight excluding hydrogens is 280 g/mol. The van der Waals surface area contributed by atoms with Gasteiger partial charge in [-0.25, -0.2) is 0 Å². The van der Waals surface area contributed by atoms with Crippen LogP contribution in [0.5, 0.6) is 5.75 Å². The van der Waals surface area contributed by atoms with E-state index >= 15 is 0 Å². The van der Waals surface area contributed by atoms with Crippen molar-refractivity contribution in [3.63, 3.8) is 0 Å². The number of nitrogens with zero attached hydrogens (tertiary/aromatic N) is 1. The van der Waals surface area contributed by atoms with Gasteiger partial charge < -0.3 is 20.1 Å². The van der Waals surface area contributed by atoms with Crippen LogP contribution >= 0.6 is 0 Å². The van der Waals surface area contributed by atoms with E-state index in [2.05, 4.69) is 6.58 Å². The van der Waals surface area contributed by atoms with Gasteiger partial charge in [0.25, 0.3) is 6.29 Å². The molecule has 0 amide bonds. The zero-order valence-corrected chi connectivity index (χ0v) is 12.7. The predicted octanol–water partition coefficient (Wildman–Crippen LogP) is 2.83.